The number of hydrogen-bond acceptors (Lipinski definition) is 4. The average Bonchev–Trinajstić information content (AvgIpc) is 2.92. The van der Waals surface area contributed by atoms with Crippen molar-refractivity contribution in [3.63, 3.8) is 0 Å². The van der Waals surface area contributed by atoms with Gasteiger partial charge in [0.15, 0.2) is 0 Å². The van der Waals surface area contributed by atoms with Crippen LogP contribution in [0.2, 0.25) is 0 Å². The smallest absolute Gasteiger partial charge is 0.260 e. The van der Waals surface area contributed by atoms with Crippen molar-refractivity contribution in [3.05, 3.63) is 45.1 Å². The minimum atomic E-state index is -0.0140. The van der Waals surface area contributed by atoms with Crippen LogP contribution in [0.3, 0.4) is 0 Å². The lowest BCUT2D eigenvalue weighted by Gasteiger charge is -2.09. The fourth-order valence-corrected chi connectivity index (χ4v) is 4.82. The zero-order valence-corrected chi connectivity index (χ0v) is 15.2. The summed E-state index contributed by atoms with van der Waals surface area (Å²) in [5, 5.41) is 0.812. The van der Waals surface area contributed by atoms with Gasteiger partial charge in [0.25, 0.3) is 5.56 Å². The van der Waals surface area contributed by atoms with Gasteiger partial charge < -0.3 is 9.72 Å². The Morgan fingerprint density at radius 3 is 2.88 bits per heavy atom. The van der Waals surface area contributed by atoms with Gasteiger partial charge in [-0.25, -0.2) is 4.98 Å². The van der Waals surface area contributed by atoms with Crippen molar-refractivity contribution in [2.45, 2.75) is 45.4 Å². The molecule has 0 aliphatic heterocycles. The van der Waals surface area contributed by atoms with Gasteiger partial charge >= 0.3 is 0 Å². The molecule has 1 aromatic carbocycles. The summed E-state index contributed by atoms with van der Waals surface area (Å²) in [4.78, 5) is 22.8. The molecule has 1 aliphatic carbocycles. The summed E-state index contributed by atoms with van der Waals surface area (Å²) in [7, 11) is 0. The number of benzene rings is 1. The summed E-state index contributed by atoms with van der Waals surface area (Å²) in [6.45, 7) is 2.57. The van der Waals surface area contributed by atoms with Crippen LogP contribution in [0.15, 0.2) is 29.1 Å². The third-order valence-electron chi connectivity index (χ3n) is 4.74. The fraction of sp³-hybridized carbons (Fsp3) is 0.400. The molecular formula is C20H22N2O2S. The number of rotatable bonds is 3. The number of aromatic nitrogens is 2. The van der Waals surface area contributed by atoms with Crippen molar-refractivity contribution < 1.29 is 4.74 Å². The van der Waals surface area contributed by atoms with E-state index < -0.39 is 0 Å². The fourth-order valence-electron chi connectivity index (χ4n) is 3.55. The molecule has 0 spiro atoms. The minimum Gasteiger partial charge on any atom is -0.494 e. The normalized spacial score (nSPS) is 14.8. The van der Waals surface area contributed by atoms with Crippen LogP contribution in [0.4, 0.5) is 0 Å². The monoisotopic (exact) mass is 354 g/mol. The third kappa shape index (κ3) is 3.21. The van der Waals surface area contributed by atoms with Gasteiger partial charge in [0.2, 0.25) is 0 Å². The SMILES string of the molecule is CCOc1cccc(-c2nc3sc4c(c3c(=O)[nH]2)CCCCCC4)c1. The zero-order chi connectivity index (χ0) is 17.2. The molecule has 0 bridgehead atoms. The maximum Gasteiger partial charge on any atom is 0.260 e. The Bertz CT molecular complexity index is 958. The summed E-state index contributed by atoms with van der Waals surface area (Å²) in [5.74, 6) is 1.41. The van der Waals surface area contributed by atoms with Crippen LogP contribution in [-0.2, 0) is 12.8 Å². The molecule has 25 heavy (non-hydrogen) atoms. The number of H-pyrrole nitrogens is 1. The van der Waals surface area contributed by atoms with Crippen molar-refractivity contribution in [2.24, 2.45) is 0 Å². The van der Waals surface area contributed by atoms with Gasteiger partial charge in [-0.05, 0) is 50.3 Å². The zero-order valence-electron chi connectivity index (χ0n) is 14.4. The lowest BCUT2D eigenvalue weighted by Crippen LogP contribution is -2.10. The number of aromatic amines is 1. The van der Waals surface area contributed by atoms with Gasteiger partial charge in [-0.1, -0.05) is 25.0 Å². The van der Waals surface area contributed by atoms with Gasteiger partial charge in [0.05, 0.1) is 12.0 Å². The number of hydrogen-bond donors (Lipinski definition) is 1. The molecule has 0 amide bonds. The van der Waals surface area contributed by atoms with E-state index in [4.69, 9.17) is 9.72 Å². The van der Waals surface area contributed by atoms with E-state index in [9.17, 15) is 4.79 Å². The van der Waals surface area contributed by atoms with E-state index in [1.165, 1.54) is 29.7 Å². The van der Waals surface area contributed by atoms with Crippen molar-refractivity contribution in [1.82, 2.24) is 9.97 Å². The summed E-state index contributed by atoms with van der Waals surface area (Å²) in [6.07, 6.45) is 6.99. The van der Waals surface area contributed by atoms with Crippen LogP contribution < -0.4 is 10.3 Å². The number of thiophene rings is 1. The minimum absolute atomic E-state index is 0.0140. The van der Waals surface area contributed by atoms with Crippen molar-refractivity contribution in [1.29, 1.82) is 0 Å². The van der Waals surface area contributed by atoms with Crippen LogP contribution in [0.25, 0.3) is 21.6 Å². The second-order valence-corrected chi connectivity index (χ2v) is 7.56. The Morgan fingerprint density at radius 1 is 1.20 bits per heavy atom. The topological polar surface area (TPSA) is 55.0 Å². The summed E-state index contributed by atoms with van der Waals surface area (Å²) < 4.78 is 5.56. The maximum absolute atomic E-state index is 12.8. The number of nitrogens with zero attached hydrogens (tertiary/aromatic N) is 1. The lowest BCUT2D eigenvalue weighted by molar-refractivity contribution is 0.340. The number of ether oxygens (including phenoxy) is 1. The highest BCUT2D eigenvalue weighted by molar-refractivity contribution is 7.18. The Kier molecular flexibility index (Phi) is 4.57. The predicted octanol–water partition coefficient (Wildman–Crippen LogP) is 4.71. The van der Waals surface area contributed by atoms with Crippen LogP contribution in [0, 0.1) is 0 Å². The molecule has 0 saturated heterocycles. The van der Waals surface area contributed by atoms with Gasteiger partial charge in [-0.3, -0.25) is 4.79 Å². The van der Waals surface area contributed by atoms with Gasteiger partial charge in [-0.2, -0.15) is 0 Å². The second-order valence-electron chi connectivity index (χ2n) is 6.47. The molecule has 0 unspecified atom stereocenters. The molecule has 4 rings (SSSR count). The highest BCUT2D eigenvalue weighted by atomic mass is 32.1. The van der Waals surface area contributed by atoms with Gasteiger partial charge in [-0.15, -0.1) is 11.3 Å². The first-order chi connectivity index (χ1) is 12.3. The molecule has 2 heterocycles. The van der Waals surface area contributed by atoms with Crippen molar-refractivity contribution in [2.75, 3.05) is 6.61 Å². The first-order valence-electron chi connectivity index (χ1n) is 9.04. The standard InChI is InChI=1S/C20H22N2O2S/c1-2-24-14-9-7-8-13(12-14)18-21-19(23)17-15-10-5-3-4-6-11-16(15)25-20(17)22-18/h7-9,12H,2-6,10-11H2,1H3,(H,21,22,23). The number of aryl methyl sites for hydroxylation is 2. The van der Waals surface area contributed by atoms with E-state index in [-0.39, 0.29) is 5.56 Å². The van der Waals surface area contributed by atoms with E-state index in [0.717, 1.165) is 40.8 Å². The van der Waals surface area contributed by atoms with Crippen molar-refractivity contribution >= 4 is 21.6 Å². The highest BCUT2D eigenvalue weighted by Crippen LogP contribution is 2.33. The molecule has 5 heteroatoms. The largest absolute Gasteiger partial charge is 0.494 e. The second kappa shape index (κ2) is 7.00. The molecule has 3 aromatic rings. The molecule has 130 valence electrons. The molecule has 4 nitrogen and oxygen atoms in total. The number of nitrogens with one attached hydrogen (secondary N) is 1. The Hall–Kier alpha value is -2.14. The first kappa shape index (κ1) is 16.3. The van der Waals surface area contributed by atoms with Crippen LogP contribution in [-0.4, -0.2) is 16.6 Å². The molecule has 0 saturated carbocycles. The van der Waals surface area contributed by atoms with E-state index in [2.05, 4.69) is 4.98 Å². The molecule has 1 N–H and O–H groups in total. The summed E-state index contributed by atoms with van der Waals surface area (Å²) >= 11 is 1.70. The van der Waals surface area contributed by atoms with E-state index >= 15 is 0 Å². The molecule has 1 aliphatic rings. The van der Waals surface area contributed by atoms with Gasteiger partial charge in [0, 0.05) is 10.4 Å². The van der Waals surface area contributed by atoms with Crippen LogP contribution in [0.5, 0.6) is 5.75 Å². The van der Waals surface area contributed by atoms with Crippen LogP contribution >= 0.6 is 11.3 Å². The molecular weight excluding hydrogens is 332 g/mol. The maximum atomic E-state index is 12.8. The quantitative estimate of drug-likeness (QED) is 0.741. The van der Waals surface area contributed by atoms with Gasteiger partial charge in [0.1, 0.15) is 16.4 Å². The highest BCUT2D eigenvalue weighted by Gasteiger charge is 2.18. The Labute approximate surface area is 150 Å². The summed E-state index contributed by atoms with van der Waals surface area (Å²) in [6, 6.07) is 7.73. The van der Waals surface area contributed by atoms with E-state index in [0.29, 0.717) is 12.4 Å². The predicted molar refractivity (Wildman–Crippen MR) is 103 cm³/mol. The first-order valence-corrected chi connectivity index (χ1v) is 9.85. The van der Waals surface area contributed by atoms with Crippen molar-refractivity contribution in [3.8, 4) is 17.1 Å². The molecule has 0 fully saturated rings. The average molecular weight is 354 g/mol. The summed E-state index contributed by atoms with van der Waals surface area (Å²) in [5.41, 5.74) is 2.11. The van der Waals surface area contributed by atoms with Crippen LogP contribution in [0.1, 0.15) is 43.0 Å². The molecule has 0 atom stereocenters. The van der Waals surface area contributed by atoms with E-state index in [1.54, 1.807) is 11.3 Å². The van der Waals surface area contributed by atoms with E-state index in [1.807, 2.05) is 31.2 Å². The lowest BCUT2D eigenvalue weighted by atomic mass is 9.98. The Balaban J connectivity index is 1.82. The number of fused-ring (bicyclic) bond motifs is 3. The molecule has 2 aromatic heterocycles. The Morgan fingerprint density at radius 2 is 2.04 bits per heavy atom. The molecule has 0 radical (unpaired) electrons. The third-order valence-corrected chi connectivity index (χ3v) is 5.93.